The van der Waals surface area contributed by atoms with Crippen LogP contribution in [0.25, 0.3) is 6.08 Å². The van der Waals surface area contributed by atoms with Gasteiger partial charge in [0.2, 0.25) is 11.8 Å². The number of likely N-dealkylation sites (tertiary alicyclic amines) is 2. The Balaban J connectivity index is 1.04. The number of fused-ring (bicyclic) bond motifs is 2. The van der Waals surface area contributed by atoms with Gasteiger partial charge in [0, 0.05) is 55.5 Å². The molecule has 3 aromatic rings. The summed E-state index contributed by atoms with van der Waals surface area (Å²) in [6.07, 6.45) is 12.3. The van der Waals surface area contributed by atoms with Crippen molar-refractivity contribution >= 4 is 23.6 Å². The minimum Gasteiger partial charge on any atom is -0.348 e. The van der Waals surface area contributed by atoms with Gasteiger partial charge in [0.15, 0.2) is 0 Å². The van der Waals surface area contributed by atoms with E-state index in [1.54, 1.807) is 12.5 Å². The highest BCUT2D eigenvalue weighted by Crippen LogP contribution is 2.43. The van der Waals surface area contributed by atoms with Gasteiger partial charge in [0.1, 0.15) is 0 Å². The summed E-state index contributed by atoms with van der Waals surface area (Å²) in [5.74, 6) is -0.182. The number of carbonyl (C=O) groups is 2. The van der Waals surface area contributed by atoms with Crippen LogP contribution in [0.15, 0.2) is 73.2 Å². The van der Waals surface area contributed by atoms with Gasteiger partial charge in [0.05, 0.1) is 12.2 Å². The maximum atomic E-state index is 13.7. The van der Waals surface area contributed by atoms with Gasteiger partial charge in [-0.1, -0.05) is 54.6 Å². The molecule has 2 saturated heterocycles. The van der Waals surface area contributed by atoms with Gasteiger partial charge in [-0.15, -0.1) is 0 Å². The molecule has 2 amide bonds. The van der Waals surface area contributed by atoms with Gasteiger partial charge in [-0.2, -0.15) is 0 Å². The van der Waals surface area contributed by atoms with Crippen LogP contribution in [-0.2, 0) is 21.4 Å². The van der Waals surface area contributed by atoms with E-state index >= 15 is 0 Å². The third kappa shape index (κ3) is 5.41. The number of carbonyl (C=O) groups excluding carboxylic acids is 2. The Bertz CT molecular complexity index is 1310. The molecular weight excluding hydrogens is 486 g/mol. The van der Waals surface area contributed by atoms with Crippen molar-refractivity contribution < 1.29 is 9.59 Å². The third-order valence-electron chi connectivity index (χ3n) is 8.79. The Labute approximate surface area is 230 Å². The lowest BCUT2D eigenvalue weighted by Gasteiger charge is -2.39. The molecule has 2 aromatic carbocycles. The van der Waals surface area contributed by atoms with Crippen LogP contribution in [0.3, 0.4) is 0 Å². The fourth-order valence-electron chi connectivity index (χ4n) is 6.52. The summed E-state index contributed by atoms with van der Waals surface area (Å²) in [6.45, 7) is 4.86. The monoisotopic (exact) mass is 523 g/mol. The molecule has 2 fully saturated rings. The van der Waals surface area contributed by atoms with Crippen LogP contribution in [0, 0.1) is 5.92 Å². The zero-order valence-corrected chi connectivity index (χ0v) is 22.5. The van der Waals surface area contributed by atoms with Crippen LogP contribution in [0.1, 0.15) is 42.5 Å². The molecule has 7 heteroatoms. The number of anilines is 1. The largest absolute Gasteiger partial charge is 0.348 e. The Morgan fingerprint density at radius 1 is 1.05 bits per heavy atom. The van der Waals surface area contributed by atoms with Crippen LogP contribution in [0.4, 0.5) is 5.69 Å². The Morgan fingerprint density at radius 2 is 1.85 bits per heavy atom. The Morgan fingerprint density at radius 3 is 2.64 bits per heavy atom. The highest BCUT2D eigenvalue weighted by molar-refractivity contribution is 5.99. The molecule has 1 atom stereocenters. The number of hydrogen-bond donors (Lipinski definition) is 1. The van der Waals surface area contributed by atoms with E-state index in [-0.39, 0.29) is 29.6 Å². The average Bonchev–Trinajstić information content (AvgIpc) is 3.71. The van der Waals surface area contributed by atoms with Crippen molar-refractivity contribution in [2.45, 2.75) is 37.5 Å². The van der Waals surface area contributed by atoms with Gasteiger partial charge in [-0.05, 0) is 62.2 Å². The first-order valence-corrected chi connectivity index (χ1v) is 14.2. The number of para-hydroxylation sites is 1. The molecule has 7 nitrogen and oxygen atoms in total. The average molecular weight is 524 g/mol. The zero-order chi connectivity index (χ0) is 26.7. The molecule has 1 aliphatic carbocycles. The molecule has 6 rings (SSSR count). The minimum atomic E-state index is -0.302. The number of hydrogen-bond acceptors (Lipinski definition) is 4. The lowest BCUT2D eigenvalue weighted by Crippen LogP contribution is -2.43. The number of nitrogens with one attached hydrogen (secondary N) is 1. The smallest absolute Gasteiger partial charge is 0.232 e. The van der Waals surface area contributed by atoms with Gasteiger partial charge in [-0.25, -0.2) is 4.98 Å². The number of aromatic amines is 1. The van der Waals surface area contributed by atoms with E-state index in [2.05, 4.69) is 51.3 Å². The fraction of sp³-hybridized carbons (Fsp3) is 0.406. The molecule has 1 N–H and O–H groups in total. The molecular formula is C32H37N5O2. The molecule has 0 saturated carbocycles. The molecule has 0 bridgehead atoms. The second-order valence-electron chi connectivity index (χ2n) is 11.2. The molecule has 3 heterocycles. The van der Waals surface area contributed by atoms with E-state index in [0.29, 0.717) is 26.1 Å². The molecule has 202 valence electrons. The molecule has 3 aliphatic rings. The Kier molecular flexibility index (Phi) is 7.33. The highest BCUT2D eigenvalue weighted by Gasteiger charge is 2.38. The summed E-state index contributed by atoms with van der Waals surface area (Å²) >= 11 is 0. The maximum absolute atomic E-state index is 13.7. The summed E-state index contributed by atoms with van der Waals surface area (Å²) in [6, 6.07) is 18.7. The number of allylic oxidation sites excluding steroid dienone is 1. The van der Waals surface area contributed by atoms with Crippen molar-refractivity contribution in [1.82, 2.24) is 19.8 Å². The lowest BCUT2D eigenvalue weighted by atomic mass is 9.74. The number of rotatable bonds is 9. The number of amides is 2. The van der Waals surface area contributed by atoms with Crippen molar-refractivity contribution in [2.24, 2.45) is 5.92 Å². The van der Waals surface area contributed by atoms with Crippen LogP contribution in [0.5, 0.6) is 0 Å². The standard InChI is InChI=1S/C32H37N5O2/c38-30-21-26(23-36(30)18-12-27-22-33-24-34-27)31(39)37(28-8-2-1-3-9-28)17-6-16-35-19-14-32(15-20-35)13-11-25-7-4-5-10-29(25)32/h1-5,7-11,13,22,24,26H,6,12,14-21,23H2,(H,33,34). The normalized spacial score (nSPS) is 20.1. The number of aromatic nitrogens is 2. The molecule has 1 aromatic heterocycles. The SMILES string of the molecule is O=C1CC(C(=O)N(CCCN2CCC3(C=Cc4ccccc43)CC2)c2ccccc2)CN1CCc1cnc[nH]1. The van der Waals surface area contributed by atoms with Gasteiger partial charge < -0.3 is 19.7 Å². The highest BCUT2D eigenvalue weighted by atomic mass is 16.2. The predicted molar refractivity (Wildman–Crippen MR) is 153 cm³/mol. The first kappa shape index (κ1) is 25.6. The topological polar surface area (TPSA) is 72.5 Å². The lowest BCUT2D eigenvalue weighted by molar-refractivity contribution is -0.128. The van der Waals surface area contributed by atoms with E-state index in [4.69, 9.17) is 0 Å². The second kappa shape index (κ2) is 11.2. The molecule has 39 heavy (non-hydrogen) atoms. The molecule has 1 unspecified atom stereocenters. The van der Waals surface area contributed by atoms with Crippen LogP contribution in [-0.4, -0.2) is 70.9 Å². The number of imidazole rings is 1. The summed E-state index contributed by atoms with van der Waals surface area (Å²) in [5.41, 5.74) is 4.96. The number of benzene rings is 2. The Hall–Kier alpha value is -3.71. The van der Waals surface area contributed by atoms with E-state index in [1.165, 1.54) is 11.1 Å². The van der Waals surface area contributed by atoms with E-state index in [1.807, 2.05) is 40.1 Å². The van der Waals surface area contributed by atoms with Crippen molar-refractivity contribution in [3.63, 3.8) is 0 Å². The molecule has 2 aliphatic heterocycles. The van der Waals surface area contributed by atoms with E-state index < -0.39 is 0 Å². The zero-order valence-electron chi connectivity index (χ0n) is 22.5. The van der Waals surface area contributed by atoms with Crippen molar-refractivity contribution in [2.75, 3.05) is 44.2 Å². The quantitative estimate of drug-likeness (QED) is 0.454. The predicted octanol–water partition coefficient (Wildman–Crippen LogP) is 4.28. The number of nitrogens with zero attached hydrogens (tertiary/aromatic N) is 4. The molecule has 0 radical (unpaired) electrons. The number of piperidine rings is 1. The van der Waals surface area contributed by atoms with Crippen molar-refractivity contribution in [3.05, 3.63) is 90.0 Å². The fourth-order valence-corrected chi connectivity index (χ4v) is 6.52. The van der Waals surface area contributed by atoms with Crippen LogP contribution in [0.2, 0.25) is 0 Å². The maximum Gasteiger partial charge on any atom is 0.232 e. The first-order valence-electron chi connectivity index (χ1n) is 14.2. The summed E-state index contributed by atoms with van der Waals surface area (Å²) in [5, 5.41) is 0. The first-order chi connectivity index (χ1) is 19.1. The van der Waals surface area contributed by atoms with Gasteiger partial charge >= 0.3 is 0 Å². The van der Waals surface area contributed by atoms with E-state index in [0.717, 1.165) is 50.3 Å². The van der Waals surface area contributed by atoms with Gasteiger partial charge in [0.25, 0.3) is 0 Å². The summed E-state index contributed by atoms with van der Waals surface area (Å²) in [4.78, 5) is 39.9. The third-order valence-corrected chi connectivity index (χ3v) is 8.79. The van der Waals surface area contributed by atoms with Crippen molar-refractivity contribution in [3.8, 4) is 0 Å². The molecule has 1 spiro atoms. The van der Waals surface area contributed by atoms with E-state index in [9.17, 15) is 9.59 Å². The van der Waals surface area contributed by atoms with Gasteiger partial charge in [-0.3, -0.25) is 9.59 Å². The van der Waals surface area contributed by atoms with Crippen LogP contribution >= 0.6 is 0 Å². The summed E-state index contributed by atoms with van der Waals surface area (Å²) in [7, 11) is 0. The second-order valence-corrected chi connectivity index (χ2v) is 11.2. The minimum absolute atomic E-state index is 0.0592. The van der Waals surface area contributed by atoms with Crippen LogP contribution < -0.4 is 4.90 Å². The summed E-state index contributed by atoms with van der Waals surface area (Å²) < 4.78 is 0. The number of H-pyrrole nitrogens is 1. The van der Waals surface area contributed by atoms with Crippen molar-refractivity contribution in [1.29, 1.82) is 0 Å².